The zero-order valence-corrected chi connectivity index (χ0v) is 20.4. The van der Waals surface area contributed by atoms with Crippen LogP contribution in [0.2, 0.25) is 0 Å². The highest BCUT2D eigenvalue weighted by molar-refractivity contribution is 5.81. The molecule has 200 valence electrons. The van der Waals surface area contributed by atoms with Gasteiger partial charge < -0.3 is 16.0 Å². The molecule has 13 heteroatoms. The van der Waals surface area contributed by atoms with Gasteiger partial charge in [0, 0.05) is 60.3 Å². The molecule has 2 fully saturated rings. The number of fused-ring (bicyclic) bond motifs is 1. The summed E-state index contributed by atoms with van der Waals surface area (Å²) in [5.74, 6) is 1.72. The number of hydrogen-bond donors (Lipinski definition) is 2. The van der Waals surface area contributed by atoms with Crippen LogP contribution in [0.15, 0.2) is 43.0 Å². The Morgan fingerprint density at radius 3 is 2.66 bits per heavy atom. The van der Waals surface area contributed by atoms with Gasteiger partial charge in [-0.1, -0.05) is 0 Å². The average molecular weight is 530 g/mol. The zero-order valence-electron chi connectivity index (χ0n) is 20.4. The minimum Gasteiger partial charge on any atom is -0.369 e. The molecule has 0 radical (unpaired) electrons. The van der Waals surface area contributed by atoms with Gasteiger partial charge in [0.15, 0.2) is 5.65 Å². The first-order chi connectivity index (χ1) is 18.2. The fraction of sp³-hybridized carbons (Fsp3) is 0.440. The van der Waals surface area contributed by atoms with Crippen molar-refractivity contribution in [1.29, 1.82) is 0 Å². The molecule has 0 aromatic carbocycles. The first-order valence-corrected chi connectivity index (χ1v) is 12.6. The predicted octanol–water partition coefficient (Wildman–Crippen LogP) is 4.28. The fourth-order valence-corrected chi connectivity index (χ4v) is 4.77. The highest BCUT2D eigenvalue weighted by atomic mass is 19.4. The van der Waals surface area contributed by atoms with Crippen LogP contribution in [0.5, 0.6) is 0 Å². The summed E-state index contributed by atoms with van der Waals surface area (Å²) in [5.41, 5.74) is 8.54. The summed E-state index contributed by atoms with van der Waals surface area (Å²) in [6.45, 7) is 0.314. The second-order valence-electron chi connectivity index (χ2n) is 10.0. The molecule has 38 heavy (non-hydrogen) atoms. The van der Waals surface area contributed by atoms with Crippen LogP contribution in [0.4, 0.5) is 34.9 Å². The average Bonchev–Trinajstić information content (AvgIpc) is 3.44. The molecule has 1 aliphatic heterocycles. The molecule has 3 N–H and O–H groups in total. The molecular formula is C25H27F4N9. The molecule has 4 aromatic rings. The van der Waals surface area contributed by atoms with E-state index in [1.54, 1.807) is 18.5 Å². The molecule has 2 atom stereocenters. The molecule has 9 nitrogen and oxygen atoms in total. The molecule has 0 bridgehead atoms. The number of rotatable bonds is 7. The van der Waals surface area contributed by atoms with Gasteiger partial charge >= 0.3 is 6.18 Å². The van der Waals surface area contributed by atoms with Crippen molar-refractivity contribution in [2.45, 2.75) is 50.7 Å². The minimum atomic E-state index is -4.39. The third-order valence-corrected chi connectivity index (χ3v) is 6.95. The first kappa shape index (κ1) is 24.6. The van der Waals surface area contributed by atoms with Gasteiger partial charge in [-0.3, -0.25) is 4.68 Å². The van der Waals surface area contributed by atoms with Crippen molar-refractivity contribution < 1.29 is 17.6 Å². The summed E-state index contributed by atoms with van der Waals surface area (Å²) >= 11 is 0. The van der Waals surface area contributed by atoms with E-state index in [0.29, 0.717) is 40.9 Å². The maximum absolute atomic E-state index is 14.1. The standard InChI is InChI=1S/C25H27F4N9/c26-19-5-6-36(13-20(19)30)21-7-23(31-10-18(21)17-9-32-37(12-17)14-25(27,28)29)34-22-4-3-16-8-33-38(24(16)35-22)11-15-1-2-15/h3-4,7-10,12,15,19-20H,1-2,5-6,11,13-14,30H2,(H,31,34,35)/t19-,20+/m0/s1. The van der Waals surface area contributed by atoms with Crippen molar-refractivity contribution >= 4 is 28.4 Å². The van der Waals surface area contributed by atoms with E-state index in [4.69, 9.17) is 10.7 Å². The monoisotopic (exact) mass is 529 g/mol. The lowest BCUT2D eigenvalue weighted by Gasteiger charge is -2.35. The lowest BCUT2D eigenvalue weighted by atomic mass is 10.0. The van der Waals surface area contributed by atoms with E-state index in [1.165, 1.54) is 25.2 Å². The molecule has 5 heterocycles. The second-order valence-corrected chi connectivity index (χ2v) is 10.0. The van der Waals surface area contributed by atoms with Crippen molar-refractivity contribution in [3.05, 3.63) is 43.0 Å². The van der Waals surface area contributed by atoms with Crippen LogP contribution >= 0.6 is 0 Å². The molecule has 4 aromatic heterocycles. The summed E-state index contributed by atoms with van der Waals surface area (Å²) in [6, 6.07) is 4.89. The SMILES string of the molecule is N[C@@H]1CN(c2cc(Nc3ccc4cnn(CC5CC5)c4n3)ncc2-c2cnn(CC(F)(F)F)c2)CC[C@@H]1F. The number of anilines is 3. The van der Waals surface area contributed by atoms with E-state index in [9.17, 15) is 17.6 Å². The minimum absolute atomic E-state index is 0.252. The summed E-state index contributed by atoms with van der Waals surface area (Å²) in [7, 11) is 0. The molecule has 1 aliphatic carbocycles. The summed E-state index contributed by atoms with van der Waals surface area (Å²) in [6.07, 6.45) is 3.24. The van der Waals surface area contributed by atoms with Gasteiger partial charge in [0.2, 0.25) is 0 Å². The van der Waals surface area contributed by atoms with Crippen LogP contribution in [-0.4, -0.2) is 61.0 Å². The van der Waals surface area contributed by atoms with Gasteiger partial charge in [0.25, 0.3) is 0 Å². The smallest absolute Gasteiger partial charge is 0.369 e. The van der Waals surface area contributed by atoms with Gasteiger partial charge in [-0.2, -0.15) is 23.4 Å². The van der Waals surface area contributed by atoms with Gasteiger partial charge in [-0.15, -0.1) is 0 Å². The summed E-state index contributed by atoms with van der Waals surface area (Å²) < 4.78 is 55.5. The molecule has 1 saturated heterocycles. The van der Waals surface area contributed by atoms with E-state index >= 15 is 0 Å². The predicted molar refractivity (Wildman–Crippen MR) is 135 cm³/mol. The summed E-state index contributed by atoms with van der Waals surface area (Å²) in [5, 5.41) is 12.5. The topological polar surface area (TPSA) is 103 Å². The Morgan fingerprint density at radius 1 is 1.05 bits per heavy atom. The van der Waals surface area contributed by atoms with Crippen LogP contribution in [0.3, 0.4) is 0 Å². The number of aromatic nitrogens is 6. The fourth-order valence-electron chi connectivity index (χ4n) is 4.77. The van der Waals surface area contributed by atoms with Crippen molar-refractivity contribution in [3.8, 4) is 11.1 Å². The Balaban J connectivity index is 1.32. The first-order valence-electron chi connectivity index (χ1n) is 12.6. The lowest BCUT2D eigenvalue weighted by molar-refractivity contribution is -0.142. The number of hydrogen-bond acceptors (Lipinski definition) is 7. The van der Waals surface area contributed by atoms with Gasteiger partial charge in [0.1, 0.15) is 24.4 Å². The maximum atomic E-state index is 14.1. The number of piperidine rings is 1. The highest BCUT2D eigenvalue weighted by Gasteiger charge is 2.30. The molecule has 2 aliphatic rings. The van der Waals surface area contributed by atoms with E-state index in [2.05, 4.69) is 20.5 Å². The number of nitrogens with two attached hydrogens (primary N) is 1. The molecule has 0 unspecified atom stereocenters. The Kier molecular flexibility index (Phi) is 6.17. The van der Waals surface area contributed by atoms with Crippen LogP contribution in [-0.2, 0) is 13.1 Å². The number of alkyl halides is 4. The zero-order chi connectivity index (χ0) is 26.4. The number of halogens is 4. The lowest BCUT2D eigenvalue weighted by Crippen LogP contribution is -2.49. The van der Waals surface area contributed by atoms with Gasteiger partial charge in [0.05, 0.1) is 18.4 Å². The van der Waals surface area contributed by atoms with Gasteiger partial charge in [-0.05, 0) is 37.3 Å². The van der Waals surface area contributed by atoms with Gasteiger partial charge in [-0.25, -0.2) is 19.0 Å². The van der Waals surface area contributed by atoms with E-state index in [-0.39, 0.29) is 13.0 Å². The van der Waals surface area contributed by atoms with E-state index in [1.807, 2.05) is 21.7 Å². The number of pyridine rings is 2. The number of nitrogens with one attached hydrogen (secondary N) is 1. The van der Waals surface area contributed by atoms with Crippen LogP contribution in [0.1, 0.15) is 19.3 Å². The molecule has 1 saturated carbocycles. The second kappa shape index (κ2) is 9.53. The highest BCUT2D eigenvalue weighted by Crippen LogP contribution is 2.35. The number of nitrogens with zero attached hydrogens (tertiary/aromatic N) is 7. The Labute approximate surface area is 215 Å². The van der Waals surface area contributed by atoms with Crippen molar-refractivity contribution in [2.24, 2.45) is 11.7 Å². The normalized spacial score (nSPS) is 20.3. The molecular weight excluding hydrogens is 502 g/mol. The quantitative estimate of drug-likeness (QED) is 0.345. The molecule has 0 spiro atoms. The molecule has 0 amide bonds. The van der Waals surface area contributed by atoms with Crippen molar-refractivity contribution in [1.82, 2.24) is 29.5 Å². The summed E-state index contributed by atoms with van der Waals surface area (Å²) in [4.78, 5) is 11.2. The Bertz CT molecular complexity index is 1440. The Morgan fingerprint density at radius 2 is 1.89 bits per heavy atom. The Hall–Kier alpha value is -3.74. The van der Waals surface area contributed by atoms with Crippen LogP contribution in [0, 0.1) is 5.92 Å². The largest absolute Gasteiger partial charge is 0.408 e. The third-order valence-electron chi connectivity index (χ3n) is 6.95. The van der Waals surface area contributed by atoms with Crippen molar-refractivity contribution in [2.75, 3.05) is 23.3 Å². The molecule has 6 rings (SSSR count). The van der Waals surface area contributed by atoms with Crippen molar-refractivity contribution in [3.63, 3.8) is 0 Å². The maximum Gasteiger partial charge on any atom is 0.408 e. The van der Waals surface area contributed by atoms with E-state index in [0.717, 1.165) is 22.3 Å². The third kappa shape index (κ3) is 5.28. The van der Waals surface area contributed by atoms with E-state index < -0.39 is 24.9 Å². The van der Waals surface area contributed by atoms with Crippen LogP contribution < -0.4 is 16.0 Å². The van der Waals surface area contributed by atoms with Crippen LogP contribution in [0.25, 0.3) is 22.2 Å².